The molecule has 0 spiro atoms. The van der Waals surface area contributed by atoms with Crippen molar-refractivity contribution in [1.82, 2.24) is 0 Å². The summed E-state index contributed by atoms with van der Waals surface area (Å²) in [6.45, 7) is -0.0312. The number of carbonyl (C=O) groups is 1. The van der Waals surface area contributed by atoms with Gasteiger partial charge in [-0.3, -0.25) is 4.79 Å². The zero-order valence-electron chi connectivity index (χ0n) is 11.7. The first-order valence-electron chi connectivity index (χ1n) is 6.34. The molecule has 0 fully saturated rings. The van der Waals surface area contributed by atoms with Crippen LogP contribution in [0.1, 0.15) is 15.9 Å². The Morgan fingerprint density at radius 2 is 1.86 bits per heavy atom. The Balaban J connectivity index is 2.55. The van der Waals surface area contributed by atoms with Crippen LogP contribution in [-0.4, -0.2) is 20.2 Å². The van der Waals surface area contributed by atoms with Crippen molar-refractivity contribution in [2.24, 2.45) is 0 Å². The van der Waals surface area contributed by atoms with E-state index >= 15 is 0 Å². The summed E-state index contributed by atoms with van der Waals surface area (Å²) in [6, 6.07) is 9.80. The Hall–Kier alpha value is -2.34. The summed E-state index contributed by atoms with van der Waals surface area (Å²) < 4.78 is 49.0. The van der Waals surface area contributed by atoms with Gasteiger partial charge >= 0.3 is 6.18 Å². The number of carbonyl (C=O) groups excluding carboxylic acids is 1. The molecular formula is C16H13F3O3. The van der Waals surface area contributed by atoms with Gasteiger partial charge in [0.05, 0.1) is 5.56 Å². The number of halogens is 3. The first kappa shape index (κ1) is 16.0. The molecule has 0 aliphatic carbocycles. The van der Waals surface area contributed by atoms with E-state index in [2.05, 4.69) is 0 Å². The predicted molar refractivity (Wildman–Crippen MR) is 74.8 cm³/mol. The summed E-state index contributed by atoms with van der Waals surface area (Å²) in [6.07, 6.45) is -4.15. The zero-order chi connectivity index (χ0) is 16.2. The van der Waals surface area contributed by atoms with E-state index in [9.17, 15) is 18.0 Å². The Kier molecular flexibility index (Phi) is 4.82. The highest BCUT2D eigenvalue weighted by Crippen LogP contribution is 2.36. The monoisotopic (exact) mass is 310 g/mol. The van der Waals surface area contributed by atoms with Crippen molar-refractivity contribution in [3.8, 4) is 16.9 Å². The molecule has 0 heterocycles. The summed E-state index contributed by atoms with van der Waals surface area (Å²) in [4.78, 5) is 10.9. The molecule has 0 N–H and O–H groups in total. The van der Waals surface area contributed by atoms with E-state index < -0.39 is 11.7 Å². The first-order chi connectivity index (χ1) is 10.5. The molecule has 2 aromatic rings. The van der Waals surface area contributed by atoms with Gasteiger partial charge in [-0.05, 0) is 29.8 Å². The van der Waals surface area contributed by atoms with Crippen LogP contribution in [0.5, 0.6) is 5.75 Å². The third kappa shape index (κ3) is 3.65. The fourth-order valence-electron chi connectivity index (χ4n) is 1.99. The standard InChI is InChI=1S/C16H13F3O3/c1-21-10-22-15-5-3-2-4-14(15)12-6-11(9-20)7-13(8-12)16(17,18)19/h2-9H,10H2,1H3. The quantitative estimate of drug-likeness (QED) is 0.614. The van der Waals surface area contributed by atoms with Gasteiger partial charge in [0, 0.05) is 18.2 Å². The van der Waals surface area contributed by atoms with Crippen molar-refractivity contribution < 1.29 is 27.4 Å². The van der Waals surface area contributed by atoms with Gasteiger partial charge < -0.3 is 9.47 Å². The maximum atomic E-state index is 12.9. The Bertz CT molecular complexity index is 666. The lowest BCUT2D eigenvalue weighted by molar-refractivity contribution is -0.137. The number of alkyl halides is 3. The molecule has 0 aliphatic rings. The Morgan fingerprint density at radius 3 is 2.50 bits per heavy atom. The van der Waals surface area contributed by atoms with Crippen molar-refractivity contribution >= 4 is 6.29 Å². The van der Waals surface area contributed by atoms with Crippen molar-refractivity contribution in [3.63, 3.8) is 0 Å². The minimum atomic E-state index is -4.53. The van der Waals surface area contributed by atoms with E-state index in [1.807, 2.05) is 0 Å². The topological polar surface area (TPSA) is 35.5 Å². The number of ether oxygens (including phenoxy) is 2. The molecule has 3 nitrogen and oxygen atoms in total. The third-order valence-electron chi connectivity index (χ3n) is 2.95. The maximum Gasteiger partial charge on any atom is 0.416 e. The minimum absolute atomic E-state index is 0.0312. The molecule has 0 radical (unpaired) electrons. The molecule has 0 amide bonds. The number of hydrogen-bond donors (Lipinski definition) is 0. The molecule has 6 heteroatoms. The molecule has 0 aliphatic heterocycles. The summed E-state index contributed by atoms with van der Waals surface area (Å²) in [5.41, 5.74) is -0.225. The maximum absolute atomic E-state index is 12.9. The van der Waals surface area contributed by atoms with Crippen LogP contribution in [0.3, 0.4) is 0 Å². The van der Waals surface area contributed by atoms with Gasteiger partial charge in [0.25, 0.3) is 0 Å². The van der Waals surface area contributed by atoms with Crippen molar-refractivity contribution in [1.29, 1.82) is 0 Å². The smallest absolute Gasteiger partial charge is 0.416 e. The highest BCUT2D eigenvalue weighted by molar-refractivity contribution is 5.81. The Morgan fingerprint density at radius 1 is 1.14 bits per heavy atom. The largest absolute Gasteiger partial charge is 0.467 e. The van der Waals surface area contributed by atoms with Gasteiger partial charge in [-0.1, -0.05) is 18.2 Å². The number of methoxy groups -OCH3 is 1. The van der Waals surface area contributed by atoms with E-state index in [1.54, 1.807) is 24.3 Å². The van der Waals surface area contributed by atoms with Crippen LogP contribution in [0, 0.1) is 0 Å². The summed E-state index contributed by atoms with van der Waals surface area (Å²) in [5, 5.41) is 0. The number of benzene rings is 2. The Labute approximate surface area is 125 Å². The summed E-state index contributed by atoms with van der Waals surface area (Å²) >= 11 is 0. The van der Waals surface area contributed by atoms with Crippen LogP contribution >= 0.6 is 0 Å². The molecular weight excluding hydrogens is 297 g/mol. The van der Waals surface area contributed by atoms with Gasteiger partial charge in [-0.2, -0.15) is 13.2 Å². The van der Waals surface area contributed by atoms with Crippen molar-refractivity contribution in [2.75, 3.05) is 13.9 Å². The molecule has 0 saturated heterocycles. The van der Waals surface area contributed by atoms with Crippen molar-refractivity contribution in [2.45, 2.75) is 6.18 Å². The second-order valence-corrected chi connectivity index (χ2v) is 4.51. The number of rotatable bonds is 5. The molecule has 0 bridgehead atoms. The van der Waals surface area contributed by atoms with E-state index in [-0.39, 0.29) is 17.9 Å². The van der Waals surface area contributed by atoms with Gasteiger partial charge in [0.2, 0.25) is 0 Å². The second kappa shape index (κ2) is 6.62. The van der Waals surface area contributed by atoms with E-state index in [4.69, 9.17) is 9.47 Å². The molecule has 22 heavy (non-hydrogen) atoms. The van der Waals surface area contributed by atoms with Gasteiger partial charge in [0.15, 0.2) is 6.79 Å². The molecule has 0 aromatic heterocycles. The van der Waals surface area contributed by atoms with Gasteiger partial charge in [0.1, 0.15) is 12.0 Å². The van der Waals surface area contributed by atoms with E-state index in [0.717, 1.165) is 12.1 Å². The summed E-state index contributed by atoms with van der Waals surface area (Å²) in [5.74, 6) is 0.375. The molecule has 2 aromatic carbocycles. The minimum Gasteiger partial charge on any atom is -0.467 e. The lowest BCUT2D eigenvalue weighted by atomic mass is 9.99. The number of aldehydes is 1. The number of para-hydroxylation sites is 1. The fraction of sp³-hybridized carbons (Fsp3) is 0.188. The van der Waals surface area contributed by atoms with Gasteiger partial charge in [-0.25, -0.2) is 0 Å². The van der Waals surface area contributed by atoms with Crippen LogP contribution in [0.2, 0.25) is 0 Å². The molecule has 0 unspecified atom stereocenters. The first-order valence-corrected chi connectivity index (χ1v) is 6.34. The SMILES string of the molecule is COCOc1ccccc1-c1cc(C=O)cc(C(F)(F)F)c1. The van der Waals surface area contributed by atoms with Crippen LogP contribution in [0.4, 0.5) is 13.2 Å². The van der Waals surface area contributed by atoms with Crippen LogP contribution < -0.4 is 4.74 Å². The van der Waals surface area contributed by atoms with Crippen LogP contribution in [0.15, 0.2) is 42.5 Å². The fourth-order valence-corrected chi connectivity index (χ4v) is 1.99. The highest BCUT2D eigenvalue weighted by atomic mass is 19.4. The molecule has 0 atom stereocenters. The lowest BCUT2D eigenvalue weighted by Crippen LogP contribution is -2.06. The molecule has 2 rings (SSSR count). The second-order valence-electron chi connectivity index (χ2n) is 4.51. The van der Waals surface area contributed by atoms with E-state index in [1.165, 1.54) is 13.2 Å². The van der Waals surface area contributed by atoms with E-state index in [0.29, 0.717) is 17.6 Å². The number of hydrogen-bond acceptors (Lipinski definition) is 3. The summed E-state index contributed by atoms with van der Waals surface area (Å²) in [7, 11) is 1.44. The van der Waals surface area contributed by atoms with Gasteiger partial charge in [-0.15, -0.1) is 0 Å². The normalized spacial score (nSPS) is 11.3. The average Bonchev–Trinajstić information content (AvgIpc) is 2.51. The molecule has 0 saturated carbocycles. The van der Waals surface area contributed by atoms with Crippen molar-refractivity contribution in [3.05, 3.63) is 53.6 Å². The lowest BCUT2D eigenvalue weighted by Gasteiger charge is -2.13. The average molecular weight is 310 g/mol. The predicted octanol–water partition coefficient (Wildman–Crippen LogP) is 4.17. The van der Waals surface area contributed by atoms with Crippen LogP contribution in [0.25, 0.3) is 11.1 Å². The zero-order valence-corrected chi connectivity index (χ0v) is 11.7. The molecule has 116 valence electrons. The highest BCUT2D eigenvalue weighted by Gasteiger charge is 2.31. The van der Waals surface area contributed by atoms with Crippen LogP contribution in [-0.2, 0) is 10.9 Å². The third-order valence-corrected chi connectivity index (χ3v) is 2.95.